The fraction of sp³-hybridized carbons (Fsp3) is 1.00. The van der Waals surface area contributed by atoms with E-state index in [1.54, 1.807) is 0 Å². The number of hydrogen-bond donors (Lipinski definition) is 1. The van der Waals surface area contributed by atoms with Gasteiger partial charge in [0.15, 0.2) is 0 Å². The van der Waals surface area contributed by atoms with Crippen molar-refractivity contribution in [2.45, 2.75) is 76.9 Å². The standard InChI is InChI=1S/C15H28O2/c1-4-12-5-7-13(8-6-12)15(16)9-10-17-14(2,3)11-15/h12-13,16H,4-11H2,1-3H3. The molecule has 2 nitrogen and oxygen atoms in total. The molecule has 0 aromatic rings. The van der Waals surface area contributed by atoms with E-state index in [2.05, 4.69) is 20.8 Å². The van der Waals surface area contributed by atoms with E-state index < -0.39 is 5.60 Å². The molecule has 100 valence electrons. The van der Waals surface area contributed by atoms with Crippen LogP contribution in [-0.2, 0) is 4.74 Å². The van der Waals surface area contributed by atoms with Gasteiger partial charge >= 0.3 is 0 Å². The zero-order chi connectivity index (χ0) is 12.5. The van der Waals surface area contributed by atoms with Gasteiger partial charge in [-0.1, -0.05) is 26.2 Å². The summed E-state index contributed by atoms with van der Waals surface area (Å²) in [7, 11) is 0. The lowest BCUT2D eigenvalue weighted by Crippen LogP contribution is -2.51. The van der Waals surface area contributed by atoms with Crippen LogP contribution >= 0.6 is 0 Å². The summed E-state index contributed by atoms with van der Waals surface area (Å²) in [6.07, 6.45) is 7.99. The van der Waals surface area contributed by atoms with Gasteiger partial charge < -0.3 is 9.84 Å². The van der Waals surface area contributed by atoms with Gasteiger partial charge in [0.05, 0.1) is 17.8 Å². The normalized spacial score (nSPS) is 42.4. The first kappa shape index (κ1) is 13.4. The van der Waals surface area contributed by atoms with Crippen LogP contribution in [0.15, 0.2) is 0 Å². The molecule has 1 atom stereocenters. The highest BCUT2D eigenvalue weighted by molar-refractivity contribution is 4.96. The third-order valence-electron chi connectivity index (χ3n) is 4.94. The van der Waals surface area contributed by atoms with Gasteiger partial charge in [0.2, 0.25) is 0 Å². The molecule has 1 saturated carbocycles. The quantitative estimate of drug-likeness (QED) is 0.800. The van der Waals surface area contributed by atoms with Gasteiger partial charge in [-0.25, -0.2) is 0 Å². The maximum absolute atomic E-state index is 10.9. The SMILES string of the molecule is CCC1CCC(C2(O)CCOC(C)(C)C2)CC1. The largest absolute Gasteiger partial charge is 0.389 e. The summed E-state index contributed by atoms with van der Waals surface area (Å²) in [5.74, 6) is 1.41. The number of ether oxygens (including phenoxy) is 1. The van der Waals surface area contributed by atoms with Gasteiger partial charge in [-0.3, -0.25) is 0 Å². The summed E-state index contributed by atoms with van der Waals surface area (Å²) in [5.41, 5.74) is -0.602. The van der Waals surface area contributed by atoms with E-state index in [0.29, 0.717) is 5.92 Å². The molecule has 0 spiro atoms. The van der Waals surface area contributed by atoms with Crippen molar-refractivity contribution in [3.05, 3.63) is 0 Å². The highest BCUT2D eigenvalue weighted by Crippen LogP contribution is 2.44. The molecule has 1 heterocycles. The van der Waals surface area contributed by atoms with Crippen molar-refractivity contribution < 1.29 is 9.84 Å². The van der Waals surface area contributed by atoms with Crippen LogP contribution < -0.4 is 0 Å². The van der Waals surface area contributed by atoms with Crippen LogP contribution in [-0.4, -0.2) is 22.9 Å². The molecule has 0 amide bonds. The summed E-state index contributed by atoms with van der Waals surface area (Å²) >= 11 is 0. The molecule has 1 saturated heterocycles. The predicted octanol–water partition coefficient (Wildman–Crippen LogP) is 3.52. The maximum atomic E-state index is 10.9. The Labute approximate surface area is 106 Å². The van der Waals surface area contributed by atoms with Crippen molar-refractivity contribution in [1.29, 1.82) is 0 Å². The van der Waals surface area contributed by atoms with E-state index >= 15 is 0 Å². The molecule has 2 rings (SSSR count). The summed E-state index contributed by atoms with van der Waals surface area (Å²) in [6.45, 7) is 7.22. The average molecular weight is 240 g/mol. The lowest BCUT2D eigenvalue weighted by Gasteiger charge is -2.47. The summed E-state index contributed by atoms with van der Waals surface area (Å²) < 4.78 is 5.73. The van der Waals surface area contributed by atoms with Crippen LogP contribution in [0.5, 0.6) is 0 Å². The Hall–Kier alpha value is -0.0800. The molecule has 1 unspecified atom stereocenters. The minimum absolute atomic E-state index is 0.144. The molecule has 1 aliphatic carbocycles. The Balaban J connectivity index is 1.97. The summed E-state index contributed by atoms with van der Waals surface area (Å²) in [6, 6.07) is 0. The molecule has 0 bridgehead atoms. The van der Waals surface area contributed by atoms with E-state index in [-0.39, 0.29) is 5.60 Å². The molecule has 2 heteroatoms. The lowest BCUT2D eigenvalue weighted by atomic mass is 9.67. The second-order valence-corrected chi connectivity index (χ2v) is 6.76. The van der Waals surface area contributed by atoms with E-state index in [1.807, 2.05) is 0 Å². The fourth-order valence-corrected chi connectivity index (χ4v) is 3.84. The van der Waals surface area contributed by atoms with Crippen LogP contribution in [0.2, 0.25) is 0 Å². The predicted molar refractivity (Wildman–Crippen MR) is 70.0 cm³/mol. The Bertz CT molecular complexity index is 254. The van der Waals surface area contributed by atoms with Crippen molar-refractivity contribution in [1.82, 2.24) is 0 Å². The molecule has 1 aliphatic heterocycles. The molecule has 2 fully saturated rings. The van der Waals surface area contributed by atoms with Crippen LogP contribution in [0.25, 0.3) is 0 Å². The monoisotopic (exact) mass is 240 g/mol. The third kappa shape index (κ3) is 3.03. The van der Waals surface area contributed by atoms with Gasteiger partial charge in [0.1, 0.15) is 0 Å². The van der Waals surface area contributed by atoms with E-state index in [0.717, 1.165) is 25.4 Å². The Kier molecular flexibility index (Phi) is 3.84. The topological polar surface area (TPSA) is 29.5 Å². The van der Waals surface area contributed by atoms with Crippen molar-refractivity contribution in [3.8, 4) is 0 Å². The lowest BCUT2D eigenvalue weighted by molar-refractivity contribution is -0.171. The van der Waals surface area contributed by atoms with Gasteiger partial charge in [0.25, 0.3) is 0 Å². The highest BCUT2D eigenvalue weighted by atomic mass is 16.5. The van der Waals surface area contributed by atoms with Crippen LogP contribution in [0, 0.1) is 11.8 Å². The second kappa shape index (κ2) is 4.89. The first-order chi connectivity index (χ1) is 7.95. The van der Waals surface area contributed by atoms with Crippen molar-refractivity contribution in [2.75, 3.05) is 6.61 Å². The second-order valence-electron chi connectivity index (χ2n) is 6.76. The third-order valence-corrected chi connectivity index (χ3v) is 4.94. The Morgan fingerprint density at radius 2 is 1.82 bits per heavy atom. The smallest absolute Gasteiger partial charge is 0.0724 e. The minimum atomic E-state index is -0.458. The van der Waals surface area contributed by atoms with E-state index in [4.69, 9.17) is 4.74 Å². The van der Waals surface area contributed by atoms with Crippen molar-refractivity contribution in [3.63, 3.8) is 0 Å². The first-order valence-corrected chi connectivity index (χ1v) is 7.31. The summed E-state index contributed by atoms with van der Waals surface area (Å²) in [5, 5.41) is 10.9. The van der Waals surface area contributed by atoms with E-state index in [9.17, 15) is 5.11 Å². The van der Waals surface area contributed by atoms with Gasteiger partial charge in [-0.15, -0.1) is 0 Å². The number of aliphatic hydroxyl groups is 1. The molecule has 0 aromatic heterocycles. The average Bonchev–Trinajstić information content (AvgIpc) is 2.27. The fourth-order valence-electron chi connectivity index (χ4n) is 3.84. The first-order valence-electron chi connectivity index (χ1n) is 7.31. The summed E-state index contributed by atoms with van der Waals surface area (Å²) in [4.78, 5) is 0. The highest BCUT2D eigenvalue weighted by Gasteiger charge is 2.45. The molecular formula is C15H28O2. The number of hydrogen-bond acceptors (Lipinski definition) is 2. The molecule has 0 aromatic carbocycles. The van der Waals surface area contributed by atoms with Crippen molar-refractivity contribution >= 4 is 0 Å². The van der Waals surface area contributed by atoms with Gasteiger partial charge in [-0.2, -0.15) is 0 Å². The van der Waals surface area contributed by atoms with Gasteiger partial charge in [0, 0.05) is 6.42 Å². The van der Waals surface area contributed by atoms with E-state index in [1.165, 1.54) is 32.1 Å². The number of rotatable bonds is 2. The zero-order valence-electron chi connectivity index (χ0n) is 11.7. The molecule has 17 heavy (non-hydrogen) atoms. The molecular weight excluding hydrogens is 212 g/mol. The minimum Gasteiger partial charge on any atom is -0.389 e. The Morgan fingerprint density at radius 1 is 1.18 bits per heavy atom. The Morgan fingerprint density at radius 3 is 2.35 bits per heavy atom. The molecule has 0 radical (unpaired) electrons. The molecule has 1 N–H and O–H groups in total. The zero-order valence-corrected chi connectivity index (χ0v) is 11.7. The van der Waals surface area contributed by atoms with Crippen LogP contribution in [0.3, 0.4) is 0 Å². The van der Waals surface area contributed by atoms with Crippen LogP contribution in [0.4, 0.5) is 0 Å². The van der Waals surface area contributed by atoms with Crippen molar-refractivity contribution in [2.24, 2.45) is 11.8 Å². The van der Waals surface area contributed by atoms with Crippen LogP contribution in [0.1, 0.15) is 65.7 Å². The van der Waals surface area contributed by atoms with Gasteiger partial charge in [-0.05, 0) is 44.9 Å². The molecule has 2 aliphatic rings. The maximum Gasteiger partial charge on any atom is 0.0724 e.